The van der Waals surface area contributed by atoms with E-state index in [1.165, 1.54) is 6.26 Å². The van der Waals surface area contributed by atoms with E-state index in [0.717, 1.165) is 25.9 Å². The number of rotatable bonds is 8. The normalized spacial score (nSPS) is 12.8. The van der Waals surface area contributed by atoms with Crippen molar-refractivity contribution >= 4 is 9.84 Å². The van der Waals surface area contributed by atoms with Gasteiger partial charge in [-0.1, -0.05) is 6.92 Å². The standard InChI is InChI=1S/C12H23N3O3S/c1-5-8-13-9-6-7-10-14-15-11(18-10)12(2,3)19(4,16)17/h13H,5-9H2,1-4H3. The van der Waals surface area contributed by atoms with Gasteiger partial charge in [0.1, 0.15) is 4.75 Å². The average molecular weight is 289 g/mol. The van der Waals surface area contributed by atoms with Crippen LogP contribution in [0.5, 0.6) is 0 Å². The molecule has 0 aliphatic rings. The molecule has 6 nitrogen and oxygen atoms in total. The Morgan fingerprint density at radius 2 is 1.95 bits per heavy atom. The van der Waals surface area contributed by atoms with Gasteiger partial charge >= 0.3 is 0 Å². The van der Waals surface area contributed by atoms with Crippen molar-refractivity contribution in [2.24, 2.45) is 0 Å². The lowest BCUT2D eigenvalue weighted by molar-refractivity contribution is 0.402. The molecule has 0 fully saturated rings. The molecule has 1 heterocycles. The second-order valence-corrected chi connectivity index (χ2v) is 7.70. The van der Waals surface area contributed by atoms with E-state index in [2.05, 4.69) is 22.4 Å². The molecular formula is C12H23N3O3S. The average Bonchev–Trinajstić information content (AvgIpc) is 2.76. The fourth-order valence-corrected chi connectivity index (χ4v) is 1.82. The van der Waals surface area contributed by atoms with Gasteiger partial charge in [0.15, 0.2) is 9.84 Å². The molecule has 0 amide bonds. The van der Waals surface area contributed by atoms with Crippen LogP contribution in [0.2, 0.25) is 0 Å². The molecule has 0 unspecified atom stereocenters. The van der Waals surface area contributed by atoms with E-state index in [-0.39, 0.29) is 5.89 Å². The highest BCUT2D eigenvalue weighted by atomic mass is 32.2. The molecule has 0 saturated heterocycles. The number of sulfone groups is 1. The molecule has 0 atom stereocenters. The van der Waals surface area contributed by atoms with Crippen molar-refractivity contribution in [3.05, 3.63) is 11.8 Å². The van der Waals surface area contributed by atoms with Gasteiger partial charge in [-0.2, -0.15) is 0 Å². The summed E-state index contributed by atoms with van der Waals surface area (Å²) < 4.78 is 27.6. The van der Waals surface area contributed by atoms with Crippen molar-refractivity contribution in [3.63, 3.8) is 0 Å². The maximum atomic E-state index is 11.7. The number of aromatic nitrogens is 2. The van der Waals surface area contributed by atoms with Gasteiger partial charge in [0.2, 0.25) is 11.8 Å². The van der Waals surface area contributed by atoms with Crippen LogP contribution in [0.3, 0.4) is 0 Å². The van der Waals surface area contributed by atoms with Gasteiger partial charge in [-0.15, -0.1) is 10.2 Å². The van der Waals surface area contributed by atoms with Crippen LogP contribution in [0.4, 0.5) is 0 Å². The minimum absolute atomic E-state index is 0.159. The first-order valence-corrected chi connectivity index (χ1v) is 8.41. The minimum atomic E-state index is -3.28. The second kappa shape index (κ2) is 6.47. The molecule has 0 aliphatic heterocycles. The Kier molecular flexibility index (Phi) is 5.49. The van der Waals surface area contributed by atoms with Crippen LogP contribution in [0.25, 0.3) is 0 Å². The molecule has 1 rings (SSSR count). The van der Waals surface area contributed by atoms with E-state index in [4.69, 9.17) is 4.42 Å². The summed E-state index contributed by atoms with van der Waals surface area (Å²) in [7, 11) is -3.28. The number of aryl methyl sites for hydroxylation is 1. The zero-order valence-corrected chi connectivity index (χ0v) is 12.9. The van der Waals surface area contributed by atoms with Gasteiger partial charge in [-0.3, -0.25) is 0 Å². The lowest BCUT2D eigenvalue weighted by Gasteiger charge is -2.16. The molecule has 110 valence electrons. The summed E-state index contributed by atoms with van der Waals surface area (Å²) >= 11 is 0. The second-order valence-electron chi connectivity index (χ2n) is 5.14. The third-order valence-corrected chi connectivity index (χ3v) is 5.11. The van der Waals surface area contributed by atoms with Crippen LogP contribution in [-0.4, -0.2) is 38.0 Å². The monoisotopic (exact) mass is 289 g/mol. The molecule has 0 radical (unpaired) electrons. The fraction of sp³-hybridized carbons (Fsp3) is 0.833. The van der Waals surface area contributed by atoms with Gasteiger partial charge in [0, 0.05) is 12.7 Å². The van der Waals surface area contributed by atoms with E-state index >= 15 is 0 Å². The summed E-state index contributed by atoms with van der Waals surface area (Å²) in [5, 5.41) is 11.0. The zero-order valence-electron chi connectivity index (χ0n) is 12.1. The van der Waals surface area contributed by atoms with E-state index in [0.29, 0.717) is 12.3 Å². The maximum absolute atomic E-state index is 11.7. The van der Waals surface area contributed by atoms with Crippen LogP contribution in [-0.2, 0) is 21.0 Å². The molecule has 19 heavy (non-hydrogen) atoms. The first-order valence-electron chi connectivity index (χ1n) is 6.52. The molecular weight excluding hydrogens is 266 g/mol. The Labute approximate surface area is 114 Å². The molecule has 0 saturated carbocycles. The van der Waals surface area contributed by atoms with E-state index in [1.807, 2.05) is 0 Å². The number of nitrogens with one attached hydrogen (secondary N) is 1. The predicted molar refractivity (Wildman–Crippen MR) is 73.6 cm³/mol. The van der Waals surface area contributed by atoms with E-state index in [1.54, 1.807) is 13.8 Å². The lowest BCUT2D eigenvalue weighted by atomic mass is 10.2. The minimum Gasteiger partial charge on any atom is -0.424 e. The third-order valence-electron chi connectivity index (χ3n) is 3.08. The molecule has 0 bridgehead atoms. The van der Waals surface area contributed by atoms with Crippen molar-refractivity contribution in [2.75, 3.05) is 19.3 Å². The van der Waals surface area contributed by atoms with Crippen LogP contribution in [0.15, 0.2) is 4.42 Å². The Balaban J connectivity index is 2.58. The summed E-state index contributed by atoms with van der Waals surface area (Å²) in [6.07, 6.45) is 3.82. The highest BCUT2D eigenvalue weighted by molar-refractivity contribution is 7.91. The van der Waals surface area contributed by atoms with Gasteiger partial charge in [-0.25, -0.2) is 8.42 Å². The van der Waals surface area contributed by atoms with Gasteiger partial charge < -0.3 is 9.73 Å². The largest absolute Gasteiger partial charge is 0.424 e. The molecule has 0 spiro atoms. The Hall–Kier alpha value is -0.950. The van der Waals surface area contributed by atoms with Crippen LogP contribution < -0.4 is 5.32 Å². The smallest absolute Gasteiger partial charge is 0.237 e. The van der Waals surface area contributed by atoms with Crippen molar-refractivity contribution < 1.29 is 12.8 Å². The maximum Gasteiger partial charge on any atom is 0.237 e. The molecule has 7 heteroatoms. The van der Waals surface area contributed by atoms with Crippen LogP contribution in [0, 0.1) is 0 Å². The van der Waals surface area contributed by atoms with Gasteiger partial charge in [0.25, 0.3) is 0 Å². The molecule has 1 aromatic rings. The summed E-state index contributed by atoms with van der Waals surface area (Å²) in [6, 6.07) is 0. The number of hydrogen-bond acceptors (Lipinski definition) is 6. The predicted octanol–water partition coefficient (Wildman–Crippen LogP) is 1.28. The molecule has 1 aromatic heterocycles. The molecule has 0 aliphatic carbocycles. The summed E-state index contributed by atoms with van der Waals surface area (Å²) in [6.45, 7) is 7.15. The van der Waals surface area contributed by atoms with Crippen molar-refractivity contribution in [1.82, 2.24) is 15.5 Å². The van der Waals surface area contributed by atoms with Crippen LogP contribution >= 0.6 is 0 Å². The number of hydrogen-bond donors (Lipinski definition) is 1. The van der Waals surface area contributed by atoms with Crippen molar-refractivity contribution in [2.45, 2.75) is 44.8 Å². The topological polar surface area (TPSA) is 85.1 Å². The van der Waals surface area contributed by atoms with E-state index in [9.17, 15) is 8.42 Å². The van der Waals surface area contributed by atoms with Crippen molar-refractivity contribution in [1.29, 1.82) is 0 Å². The molecule has 0 aromatic carbocycles. The summed E-state index contributed by atoms with van der Waals surface area (Å²) in [4.78, 5) is 0. The summed E-state index contributed by atoms with van der Waals surface area (Å²) in [5.74, 6) is 0.650. The Morgan fingerprint density at radius 3 is 2.53 bits per heavy atom. The Bertz CT molecular complexity index is 494. The Morgan fingerprint density at radius 1 is 1.26 bits per heavy atom. The van der Waals surface area contributed by atoms with Crippen molar-refractivity contribution in [3.8, 4) is 0 Å². The lowest BCUT2D eigenvalue weighted by Crippen LogP contribution is -2.28. The first kappa shape index (κ1) is 16.1. The van der Waals surface area contributed by atoms with Gasteiger partial charge in [-0.05, 0) is 39.8 Å². The van der Waals surface area contributed by atoms with Crippen LogP contribution in [0.1, 0.15) is 45.4 Å². The quantitative estimate of drug-likeness (QED) is 0.726. The van der Waals surface area contributed by atoms with E-state index < -0.39 is 14.6 Å². The van der Waals surface area contributed by atoms with Gasteiger partial charge in [0.05, 0.1) is 0 Å². The summed E-state index contributed by atoms with van der Waals surface area (Å²) in [5.41, 5.74) is 0. The SMILES string of the molecule is CCCNCCCc1nnc(C(C)(C)S(C)(=O)=O)o1. The molecule has 1 N–H and O–H groups in total. The third kappa shape index (κ3) is 4.28. The highest BCUT2D eigenvalue weighted by Crippen LogP contribution is 2.27. The highest BCUT2D eigenvalue weighted by Gasteiger charge is 2.37. The first-order chi connectivity index (χ1) is 8.79. The zero-order chi connectivity index (χ0) is 14.5. The fourth-order valence-electron chi connectivity index (χ4n) is 1.42. The number of nitrogens with zero attached hydrogens (tertiary/aromatic N) is 2.